The van der Waals surface area contributed by atoms with Crippen LogP contribution in [-0.2, 0) is 9.59 Å². The molecule has 3 nitrogen and oxygen atoms in total. The largest absolute Gasteiger partial charge is 0.324 e. The number of amides is 1. The maximum Gasteiger partial charge on any atom is 0.239 e. The van der Waals surface area contributed by atoms with Gasteiger partial charge in [-0.3, -0.25) is 9.59 Å². The van der Waals surface area contributed by atoms with Gasteiger partial charge in [0.2, 0.25) is 12.2 Å². The molecule has 1 amide bonds. The molecular weight excluding hydrogens is 326 g/mol. The van der Waals surface area contributed by atoms with Crippen molar-refractivity contribution in [3.63, 3.8) is 0 Å². The third kappa shape index (κ3) is 3.43. The SMILES string of the molecule is O=[C]c1ccccc1NC(=O)C(Br)CBr. The number of para-hydroxylation sites is 1. The molecule has 1 aromatic carbocycles. The van der Waals surface area contributed by atoms with Crippen molar-refractivity contribution in [2.24, 2.45) is 0 Å². The molecule has 0 heterocycles. The van der Waals surface area contributed by atoms with Crippen molar-refractivity contribution in [3.05, 3.63) is 29.8 Å². The van der Waals surface area contributed by atoms with Crippen LogP contribution in [-0.4, -0.2) is 22.4 Å². The van der Waals surface area contributed by atoms with Gasteiger partial charge in [-0.05, 0) is 12.1 Å². The van der Waals surface area contributed by atoms with Crippen LogP contribution in [0.25, 0.3) is 0 Å². The van der Waals surface area contributed by atoms with E-state index in [1.807, 2.05) is 0 Å². The predicted molar refractivity (Wildman–Crippen MR) is 66.4 cm³/mol. The third-order valence-electron chi connectivity index (χ3n) is 1.71. The van der Waals surface area contributed by atoms with E-state index in [2.05, 4.69) is 37.2 Å². The number of nitrogens with one attached hydrogen (secondary N) is 1. The van der Waals surface area contributed by atoms with Crippen molar-refractivity contribution in [2.45, 2.75) is 4.83 Å². The van der Waals surface area contributed by atoms with Gasteiger partial charge in [0.1, 0.15) is 4.83 Å². The fraction of sp³-hybridized carbons (Fsp3) is 0.200. The van der Waals surface area contributed by atoms with Crippen molar-refractivity contribution < 1.29 is 9.59 Å². The highest BCUT2D eigenvalue weighted by Crippen LogP contribution is 2.14. The molecule has 0 aromatic heterocycles. The monoisotopic (exact) mass is 332 g/mol. The second-order valence-electron chi connectivity index (χ2n) is 2.76. The number of rotatable bonds is 4. The third-order valence-corrected chi connectivity index (χ3v) is 3.97. The van der Waals surface area contributed by atoms with Gasteiger partial charge in [0.05, 0.1) is 5.69 Å². The highest BCUT2D eigenvalue weighted by molar-refractivity contribution is 9.12. The summed E-state index contributed by atoms with van der Waals surface area (Å²) in [5.74, 6) is -0.199. The molecule has 1 N–H and O–H groups in total. The van der Waals surface area contributed by atoms with Crippen LogP contribution in [0.1, 0.15) is 5.56 Å². The summed E-state index contributed by atoms with van der Waals surface area (Å²) in [5, 5.41) is 3.14. The average molecular weight is 334 g/mol. The van der Waals surface area contributed by atoms with Gasteiger partial charge in [0.15, 0.2) is 0 Å². The van der Waals surface area contributed by atoms with Crippen LogP contribution in [0.2, 0.25) is 0 Å². The molecular formula is C10H8Br2NO2. The van der Waals surface area contributed by atoms with E-state index in [0.29, 0.717) is 16.6 Å². The van der Waals surface area contributed by atoms with E-state index in [1.165, 1.54) is 0 Å². The van der Waals surface area contributed by atoms with Crippen LogP contribution in [0, 0.1) is 0 Å². The Hall–Kier alpha value is -0.680. The number of carbonyl (C=O) groups excluding carboxylic acids is 2. The number of anilines is 1. The van der Waals surface area contributed by atoms with Gasteiger partial charge in [-0.25, -0.2) is 0 Å². The lowest BCUT2D eigenvalue weighted by atomic mass is 10.2. The molecule has 0 saturated carbocycles. The molecule has 0 saturated heterocycles. The van der Waals surface area contributed by atoms with Crippen molar-refractivity contribution in [1.29, 1.82) is 0 Å². The number of halogens is 2. The first-order valence-electron chi connectivity index (χ1n) is 4.17. The molecule has 0 aliphatic carbocycles. The fourth-order valence-corrected chi connectivity index (χ4v) is 1.37. The first-order chi connectivity index (χ1) is 7.19. The molecule has 1 radical (unpaired) electrons. The first-order valence-corrected chi connectivity index (χ1v) is 6.21. The zero-order valence-corrected chi connectivity index (χ0v) is 10.8. The molecule has 0 fully saturated rings. The van der Waals surface area contributed by atoms with Gasteiger partial charge in [-0.2, -0.15) is 0 Å². The summed E-state index contributed by atoms with van der Waals surface area (Å²) in [6.45, 7) is 0. The Morgan fingerprint density at radius 1 is 1.47 bits per heavy atom. The Kier molecular flexibility index (Phi) is 4.98. The summed E-state index contributed by atoms with van der Waals surface area (Å²) >= 11 is 6.37. The smallest absolute Gasteiger partial charge is 0.239 e. The van der Waals surface area contributed by atoms with E-state index in [4.69, 9.17) is 0 Å². The van der Waals surface area contributed by atoms with E-state index >= 15 is 0 Å². The summed E-state index contributed by atoms with van der Waals surface area (Å²) in [6, 6.07) is 6.71. The second kappa shape index (κ2) is 6.02. The van der Waals surface area contributed by atoms with Crippen LogP contribution in [0.5, 0.6) is 0 Å². The zero-order chi connectivity index (χ0) is 11.3. The molecule has 1 aromatic rings. The summed E-state index contributed by atoms with van der Waals surface area (Å²) in [7, 11) is 0. The Morgan fingerprint density at radius 2 is 2.13 bits per heavy atom. The zero-order valence-electron chi connectivity index (χ0n) is 7.67. The molecule has 0 bridgehead atoms. The molecule has 0 spiro atoms. The topological polar surface area (TPSA) is 46.2 Å². The first kappa shape index (κ1) is 12.4. The van der Waals surface area contributed by atoms with Crippen molar-refractivity contribution in [3.8, 4) is 0 Å². The maximum absolute atomic E-state index is 11.5. The Labute approximate surface area is 104 Å². The van der Waals surface area contributed by atoms with Gasteiger partial charge in [-0.1, -0.05) is 44.0 Å². The van der Waals surface area contributed by atoms with E-state index in [0.717, 1.165) is 0 Å². The Bertz CT molecular complexity index is 368. The van der Waals surface area contributed by atoms with Crippen LogP contribution in [0.15, 0.2) is 24.3 Å². The van der Waals surface area contributed by atoms with E-state index < -0.39 is 0 Å². The second-order valence-corrected chi connectivity index (χ2v) is 4.51. The van der Waals surface area contributed by atoms with Crippen LogP contribution in [0.3, 0.4) is 0 Å². The summed E-state index contributed by atoms with van der Waals surface area (Å²) in [6.07, 6.45) is 1.77. The van der Waals surface area contributed by atoms with Crippen molar-refractivity contribution in [2.75, 3.05) is 10.6 Å². The molecule has 0 aliphatic rings. The number of benzene rings is 1. The number of carbonyl (C=O) groups is 1. The van der Waals surface area contributed by atoms with Gasteiger partial charge >= 0.3 is 0 Å². The molecule has 5 heteroatoms. The standard InChI is InChI=1S/C10H8Br2NO2/c11-5-8(12)10(15)13-9-4-2-1-3-7(9)6-14/h1-4,8H,5H2,(H,13,15). The van der Waals surface area contributed by atoms with Crippen molar-refractivity contribution >= 4 is 49.7 Å². The van der Waals surface area contributed by atoms with Crippen LogP contribution < -0.4 is 5.32 Å². The number of hydrogen-bond donors (Lipinski definition) is 1. The van der Waals surface area contributed by atoms with E-state index in [1.54, 1.807) is 30.6 Å². The minimum Gasteiger partial charge on any atom is -0.324 e. The van der Waals surface area contributed by atoms with Gasteiger partial charge in [0.25, 0.3) is 0 Å². The van der Waals surface area contributed by atoms with Crippen molar-refractivity contribution in [1.82, 2.24) is 0 Å². The molecule has 79 valence electrons. The Morgan fingerprint density at radius 3 is 2.73 bits per heavy atom. The summed E-state index contributed by atoms with van der Waals surface area (Å²) in [4.78, 5) is 21.7. The van der Waals surface area contributed by atoms with E-state index in [-0.39, 0.29) is 10.7 Å². The molecule has 0 aliphatic heterocycles. The summed E-state index contributed by atoms with van der Waals surface area (Å²) in [5.41, 5.74) is 0.822. The lowest BCUT2D eigenvalue weighted by molar-refractivity contribution is -0.115. The normalized spacial score (nSPS) is 11.9. The predicted octanol–water partition coefficient (Wildman–Crippen LogP) is 2.24. The van der Waals surface area contributed by atoms with Crippen LogP contribution in [0.4, 0.5) is 5.69 Å². The highest BCUT2D eigenvalue weighted by Gasteiger charge is 2.14. The van der Waals surface area contributed by atoms with Gasteiger partial charge in [-0.15, -0.1) is 0 Å². The lowest BCUT2D eigenvalue weighted by Gasteiger charge is -2.09. The maximum atomic E-state index is 11.5. The summed E-state index contributed by atoms with van der Waals surface area (Å²) < 4.78 is 0. The molecule has 1 rings (SSSR count). The van der Waals surface area contributed by atoms with Gasteiger partial charge in [0, 0.05) is 10.9 Å². The number of alkyl halides is 2. The quantitative estimate of drug-likeness (QED) is 0.859. The Balaban J connectivity index is 2.80. The minimum atomic E-state index is -0.322. The molecule has 15 heavy (non-hydrogen) atoms. The number of hydrogen-bond acceptors (Lipinski definition) is 2. The minimum absolute atomic E-state index is 0.199. The fourth-order valence-electron chi connectivity index (χ4n) is 0.962. The average Bonchev–Trinajstić information content (AvgIpc) is 2.28. The van der Waals surface area contributed by atoms with Crippen LogP contribution >= 0.6 is 31.9 Å². The molecule has 1 atom stereocenters. The lowest BCUT2D eigenvalue weighted by Crippen LogP contribution is -2.24. The van der Waals surface area contributed by atoms with Gasteiger partial charge < -0.3 is 5.32 Å². The highest BCUT2D eigenvalue weighted by atomic mass is 79.9. The molecule has 1 unspecified atom stereocenters. The van der Waals surface area contributed by atoms with E-state index in [9.17, 15) is 9.59 Å².